The molecule has 0 aliphatic heterocycles. The maximum atomic E-state index is 11.6. The van der Waals surface area contributed by atoms with Gasteiger partial charge in [-0.3, -0.25) is 9.48 Å². The van der Waals surface area contributed by atoms with E-state index >= 15 is 0 Å². The van der Waals surface area contributed by atoms with Crippen LogP contribution in [0.5, 0.6) is 0 Å². The van der Waals surface area contributed by atoms with Gasteiger partial charge in [-0.25, -0.2) is 0 Å². The normalized spacial score (nSPS) is 12.3. The highest BCUT2D eigenvalue weighted by Crippen LogP contribution is 2.22. The van der Waals surface area contributed by atoms with E-state index < -0.39 is 11.9 Å². The third-order valence-corrected chi connectivity index (χ3v) is 3.48. The van der Waals surface area contributed by atoms with E-state index in [2.05, 4.69) is 5.10 Å². The van der Waals surface area contributed by atoms with Crippen LogP contribution in [0.1, 0.15) is 35.4 Å². The predicted octanol–water partition coefficient (Wildman–Crippen LogP) is 2.93. The number of carboxylic acids is 1. The van der Waals surface area contributed by atoms with Crippen molar-refractivity contribution in [3.05, 3.63) is 52.8 Å². The Balaban J connectivity index is 2.30. The van der Waals surface area contributed by atoms with Crippen molar-refractivity contribution in [2.24, 2.45) is 0 Å². The number of hydrogen-bond acceptors (Lipinski definition) is 2. The molecule has 0 fully saturated rings. The van der Waals surface area contributed by atoms with Crippen LogP contribution in [0.15, 0.2) is 30.3 Å². The summed E-state index contributed by atoms with van der Waals surface area (Å²) < 4.78 is 1.87. The third-order valence-electron chi connectivity index (χ3n) is 3.48. The topological polar surface area (TPSA) is 55.1 Å². The number of aliphatic carboxylic acids is 1. The molecule has 0 radical (unpaired) electrons. The summed E-state index contributed by atoms with van der Waals surface area (Å²) in [6, 6.07) is 9.66. The third kappa shape index (κ3) is 3.07. The summed E-state index contributed by atoms with van der Waals surface area (Å²) in [5.41, 5.74) is 3.87. The van der Waals surface area contributed by atoms with Gasteiger partial charge in [0.2, 0.25) is 0 Å². The standard InChI is InChI=1S/C16H20N2O2/c1-4-18-14(9-12(3)17-18)10-15(16(19)20)13-7-5-11(2)6-8-13/h5-9,15H,4,10H2,1-3H3,(H,19,20). The molecule has 0 saturated carbocycles. The summed E-state index contributed by atoms with van der Waals surface area (Å²) in [7, 11) is 0. The van der Waals surface area contributed by atoms with Gasteiger partial charge in [0.25, 0.3) is 0 Å². The Labute approximate surface area is 119 Å². The van der Waals surface area contributed by atoms with Crippen LogP contribution in [-0.2, 0) is 17.8 Å². The molecule has 2 rings (SSSR count). The Kier molecular flexibility index (Phi) is 4.23. The zero-order valence-electron chi connectivity index (χ0n) is 12.1. The van der Waals surface area contributed by atoms with Crippen molar-refractivity contribution in [3.63, 3.8) is 0 Å². The molecule has 2 aromatic rings. The highest BCUT2D eigenvalue weighted by Gasteiger charge is 2.22. The van der Waals surface area contributed by atoms with Gasteiger partial charge < -0.3 is 5.11 Å². The smallest absolute Gasteiger partial charge is 0.311 e. The van der Waals surface area contributed by atoms with E-state index in [4.69, 9.17) is 0 Å². The zero-order valence-corrected chi connectivity index (χ0v) is 12.1. The van der Waals surface area contributed by atoms with Gasteiger partial charge in [0, 0.05) is 18.7 Å². The van der Waals surface area contributed by atoms with E-state index in [-0.39, 0.29) is 0 Å². The molecule has 4 nitrogen and oxygen atoms in total. The fourth-order valence-corrected chi connectivity index (χ4v) is 2.39. The lowest BCUT2D eigenvalue weighted by molar-refractivity contribution is -0.138. The minimum atomic E-state index is -0.796. The second-order valence-corrected chi connectivity index (χ2v) is 5.10. The molecular formula is C16H20N2O2. The van der Waals surface area contributed by atoms with Gasteiger partial charge in [-0.1, -0.05) is 29.8 Å². The van der Waals surface area contributed by atoms with Crippen molar-refractivity contribution in [2.75, 3.05) is 0 Å². The zero-order chi connectivity index (χ0) is 14.7. The van der Waals surface area contributed by atoms with Crippen LogP contribution in [0.4, 0.5) is 0 Å². The molecule has 0 aliphatic rings. The number of nitrogens with zero attached hydrogens (tertiary/aromatic N) is 2. The van der Waals surface area contributed by atoms with Gasteiger partial charge in [-0.05, 0) is 32.4 Å². The lowest BCUT2D eigenvalue weighted by atomic mass is 9.93. The van der Waals surface area contributed by atoms with Crippen LogP contribution in [0, 0.1) is 13.8 Å². The highest BCUT2D eigenvalue weighted by atomic mass is 16.4. The van der Waals surface area contributed by atoms with Crippen molar-refractivity contribution in [3.8, 4) is 0 Å². The van der Waals surface area contributed by atoms with Crippen molar-refractivity contribution < 1.29 is 9.90 Å². The molecule has 1 aromatic heterocycles. The van der Waals surface area contributed by atoms with E-state index in [0.29, 0.717) is 6.42 Å². The van der Waals surface area contributed by atoms with Crippen molar-refractivity contribution >= 4 is 5.97 Å². The molecule has 1 heterocycles. The van der Waals surface area contributed by atoms with Crippen LogP contribution in [0.2, 0.25) is 0 Å². The van der Waals surface area contributed by atoms with Crippen LogP contribution in [-0.4, -0.2) is 20.9 Å². The maximum absolute atomic E-state index is 11.6. The van der Waals surface area contributed by atoms with Crippen LogP contribution in [0.25, 0.3) is 0 Å². The van der Waals surface area contributed by atoms with Crippen molar-refractivity contribution in [1.29, 1.82) is 0 Å². The molecule has 4 heteroatoms. The second-order valence-electron chi connectivity index (χ2n) is 5.10. The number of aromatic nitrogens is 2. The van der Waals surface area contributed by atoms with Crippen molar-refractivity contribution in [2.45, 2.75) is 39.7 Å². The first-order chi connectivity index (χ1) is 9.51. The first-order valence-corrected chi connectivity index (χ1v) is 6.84. The molecular weight excluding hydrogens is 252 g/mol. The van der Waals surface area contributed by atoms with Gasteiger partial charge in [-0.15, -0.1) is 0 Å². The number of carbonyl (C=O) groups is 1. The lowest BCUT2D eigenvalue weighted by Crippen LogP contribution is -2.16. The van der Waals surface area contributed by atoms with E-state index in [1.165, 1.54) is 0 Å². The molecule has 0 spiro atoms. The summed E-state index contributed by atoms with van der Waals surface area (Å²) in [6.45, 7) is 6.69. The summed E-state index contributed by atoms with van der Waals surface area (Å²) in [5.74, 6) is -1.33. The molecule has 0 saturated heterocycles. The number of hydrogen-bond donors (Lipinski definition) is 1. The van der Waals surface area contributed by atoms with Crippen LogP contribution < -0.4 is 0 Å². The number of benzene rings is 1. The molecule has 1 atom stereocenters. The van der Waals surface area contributed by atoms with E-state index in [9.17, 15) is 9.90 Å². The second kappa shape index (κ2) is 5.90. The summed E-state index contributed by atoms with van der Waals surface area (Å²) in [4.78, 5) is 11.6. The Morgan fingerprint density at radius 1 is 1.30 bits per heavy atom. The molecule has 0 aliphatic carbocycles. The monoisotopic (exact) mass is 272 g/mol. The van der Waals surface area contributed by atoms with Gasteiger partial charge >= 0.3 is 5.97 Å². The highest BCUT2D eigenvalue weighted by molar-refractivity contribution is 5.76. The lowest BCUT2D eigenvalue weighted by Gasteiger charge is -2.14. The van der Waals surface area contributed by atoms with Gasteiger partial charge in [0.15, 0.2) is 0 Å². The fourth-order valence-electron chi connectivity index (χ4n) is 2.39. The molecule has 20 heavy (non-hydrogen) atoms. The van der Waals surface area contributed by atoms with Crippen molar-refractivity contribution in [1.82, 2.24) is 9.78 Å². The average molecular weight is 272 g/mol. The molecule has 0 amide bonds. The number of aryl methyl sites for hydroxylation is 3. The Morgan fingerprint density at radius 2 is 1.95 bits per heavy atom. The summed E-state index contributed by atoms with van der Waals surface area (Å²) >= 11 is 0. The minimum Gasteiger partial charge on any atom is -0.481 e. The SMILES string of the molecule is CCn1nc(C)cc1CC(C(=O)O)c1ccc(C)cc1. The number of carboxylic acid groups (broad SMARTS) is 1. The molecule has 1 unspecified atom stereocenters. The average Bonchev–Trinajstić information content (AvgIpc) is 2.77. The molecule has 0 bridgehead atoms. The van der Waals surface area contributed by atoms with Crippen LogP contribution in [0.3, 0.4) is 0 Å². The largest absolute Gasteiger partial charge is 0.481 e. The predicted molar refractivity (Wildman–Crippen MR) is 77.9 cm³/mol. The fraction of sp³-hybridized carbons (Fsp3) is 0.375. The van der Waals surface area contributed by atoms with Gasteiger partial charge in [0.1, 0.15) is 0 Å². The molecule has 106 valence electrons. The van der Waals surface area contributed by atoms with E-state index in [0.717, 1.165) is 29.1 Å². The minimum absolute atomic E-state index is 0.465. The quantitative estimate of drug-likeness (QED) is 0.910. The van der Waals surface area contributed by atoms with E-state index in [1.807, 2.05) is 55.8 Å². The molecule has 1 aromatic carbocycles. The van der Waals surface area contributed by atoms with Gasteiger partial charge in [0.05, 0.1) is 11.6 Å². The van der Waals surface area contributed by atoms with Crippen LogP contribution >= 0.6 is 0 Å². The Hall–Kier alpha value is -2.10. The first-order valence-electron chi connectivity index (χ1n) is 6.84. The molecule has 1 N–H and O–H groups in total. The first kappa shape index (κ1) is 14.3. The number of rotatable bonds is 5. The summed E-state index contributed by atoms with van der Waals surface area (Å²) in [6.07, 6.45) is 0.465. The Morgan fingerprint density at radius 3 is 2.50 bits per heavy atom. The van der Waals surface area contributed by atoms with E-state index in [1.54, 1.807) is 0 Å². The maximum Gasteiger partial charge on any atom is 0.311 e. The Bertz CT molecular complexity index is 599. The summed E-state index contributed by atoms with van der Waals surface area (Å²) in [5, 5.41) is 13.9. The van der Waals surface area contributed by atoms with Gasteiger partial charge in [-0.2, -0.15) is 5.10 Å².